The number of morpholine rings is 1. The smallest absolute Gasteiger partial charge is 0.247 e. The number of terminal acetylenes is 1. The molecule has 2 atom stereocenters. The maximum atomic E-state index is 14.8. The Hall–Kier alpha value is -3.98. The van der Waals surface area contributed by atoms with E-state index in [2.05, 4.69) is 29.6 Å². The number of rotatable bonds is 8. The topological polar surface area (TPSA) is 98.0 Å². The summed E-state index contributed by atoms with van der Waals surface area (Å²) in [5.74, 6) is 3.09. The van der Waals surface area contributed by atoms with Crippen molar-refractivity contribution in [3.05, 3.63) is 47.5 Å². The van der Waals surface area contributed by atoms with Crippen molar-refractivity contribution in [3.63, 3.8) is 0 Å². The van der Waals surface area contributed by atoms with Gasteiger partial charge in [-0.15, -0.1) is 6.42 Å². The first-order valence-electron chi connectivity index (χ1n) is 15.8. The number of phenolic OH excluding ortho intramolecular Hbond substituents is 1. The summed E-state index contributed by atoms with van der Waals surface area (Å²) in [6.45, 7) is 10.6. The number of nitrogens with zero attached hydrogens (tertiary/aromatic N) is 6. The van der Waals surface area contributed by atoms with E-state index in [0.29, 0.717) is 65.7 Å². The minimum atomic E-state index is -0.480. The second kappa shape index (κ2) is 12.1. The van der Waals surface area contributed by atoms with Crippen molar-refractivity contribution >= 4 is 27.9 Å². The maximum absolute atomic E-state index is 14.8. The Morgan fingerprint density at radius 1 is 1.13 bits per heavy atom. The molecule has 4 aromatic rings. The molecule has 3 aliphatic rings. The van der Waals surface area contributed by atoms with Gasteiger partial charge in [-0.1, -0.05) is 12.0 Å². The zero-order valence-electron chi connectivity index (χ0n) is 25.8. The van der Waals surface area contributed by atoms with Crippen molar-refractivity contribution in [3.8, 4) is 24.0 Å². The zero-order valence-corrected chi connectivity index (χ0v) is 25.8. The van der Waals surface area contributed by atoms with Gasteiger partial charge >= 0.3 is 0 Å². The van der Waals surface area contributed by atoms with Crippen LogP contribution in [0.2, 0.25) is 0 Å². The summed E-state index contributed by atoms with van der Waals surface area (Å²) in [4.78, 5) is 19.2. The lowest BCUT2D eigenvalue weighted by Gasteiger charge is -2.37. The molecule has 10 nitrogen and oxygen atoms in total. The summed E-state index contributed by atoms with van der Waals surface area (Å²) < 4.78 is 34.8. The lowest BCUT2D eigenvalue weighted by atomic mass is 9.98. The molecule has 1 N–H and O–H groups in total. The van der Waals surface area contributed by atoms with Crippen LogP contribution in [0.25, 0.3) is 21.9 Å². The van der Waals surface area contributed by atoms with E-state index in [1.165, 1.54) is 6.07 Å². The lowest BCUT2D eigenvalue weighted by molar-refractivity contribution is -0.0740. The van der Waals surface area contributed by atoms with Crippen LogP contribution in [-0.4, -0.2) is 94.3 Å². The molecule has 2 saturated heterocycles. The van der Waals surface area contributed by atoms with Gasteiger partial charge in [0.1, 0.15) is 11.6 Å². The van der Waals surface area contributed by atoms with Gasteiger partial charge in [0.25, 0.3) is 0 Å². The number of halogens is 1. The van der Waals surface area contributed by atoms with E-state index in [1.54, 1.807) is 24.5 Å². The molecule has 4 heterocycles. The zero-order chi connectivity index (χ0) is 31.1. The van der Waals surface area contributed by atoms with Crippen LogP contribution in [0.15, 0.2) is 30.6 Å². The second-order valence-corrected chi connectivity index (χ2v) is 12.8. The highest BCUT2D eigenvalue weighted by Gasteiger charge is 2.46. The number of fused-ring (bicyclic) bond motifs is 2. The number of aromatic hydroxyl groups is 1. The van der Waals surface area contributed by atoms with E-state index >= 15 is 0 Å². The Bertz CT molecular complexity index is 1750. The van der Waals surface area contributed by atoms with Gasteiger partial charge in [-0.25, -0.2) is 9.37 Å². The van der Waals surface area contributed by atoms with Gasteiger partial charge < -0.3 is 28.8 Å². The molecule has 236 valence electrons. The largest absolute Gasteiger partial charge is 0.508 e. The molecule has 0 amide bonds. The van der Waals surface area contributed by atoms with Crippen LogP contribution in [0.3, 0.4) is 0 Å². The van der Waals surface area contributed by atoms with E-state index < -0.39 is 5.82 Å². The van der Waals surface area contributed by atoms with Crippen molar-refractivity contribution in [2.45, 2.75) is 51.9 Å². The highest BCUT2D eigenvalue weighted by Crippen LogP contribution is 2.47. The number of phenols is 1. The van der Waals surface area contributed by atoms with Crippen LogP contribution in [-0.2, 0) is 16.0 Å². The highest BCUT2D eigenvalue weighted by molar-refractivity contribution is 5.92. The molecule has 7 rings (SSSR count). The van der Waals surface area contributed by atoms with Gasteiger partial charge in [0, 0.05) is 50.1 Å². The summed E-state index contributed by atoms with van der Waals surface area (Å²) in [7, 11) is 0. The molecule has 2 aromatic heterocycles. The Labute approximate surface area is 262 Å². The predicted molar refractivity (Wildman–Crippen MR) is 169 cm³/mol. The average molecular weight is 615 g/mol. The molecule has 0 unspecified atom stereocenters. The van der Waals surface area contributed by atoms with Crippen molar-refractivity contribution in [1.29, 1.82) is 0 Å². The predicted octanol–water partition coefficient (Wildman–Crippen LogP) is 4.35. The molecule has 2 aliphatic heterocycles. The summed E-state index contributed by atoms with van der Waals surface area (Å²) in [5, 5.41) is 11.8. The summed E-state index contributed by atoms with van der Waals surface area (Å²) in [6, 6.07) is 6.16. The third kappa shape index (κ3) is 6.15. The highest BCUT2D eigenvalue weighted by atomic mass is 19.1. The fraction of sp³-hybridized carbons (Fsp3) is 0.500. The van der Waals surface area contributed by atoms with Crippen LogP contribution in [0, 0.1) is 23.6 Å². The molecular weight excluding hydrogens is 575 g/mol. The van der Waals surface area contributed by atoms with Crippen LogP contribution in [0.4, 0.5) is 10.3 Å². The van der Waals surface area contributed by atoms with Gasteiger partial charge in [0.2, 0.25) is 11.8 Å². The molecule has 11 heteroatoms. The van der Waals surface area contributed by atoms with Gasteiger partial charge in [0.05, 0.1) is 43.9 Å². The second-order valence-electron chi connectivity index (χ2n) is 12.8. The Kier molecular flexibility index (Phi) is 7.98. The number of benzene rings is 2. The number of hydrogen-bond acceptors (Lipinski definition) is 9. The molecule has 0 radical (unpaired) electrons. The van der Waals surface area contributed by atoms with Crippen LogP contribution in [0.5, 0.6) is 11.6 Å². The van der Waals surface area contributed by atoms with Gasteiger partial charge in [-0.05, 0) is 62.3 Å². The fourth-order valence-corrected chi connectivity index (χ4v) is 6.81. The van der Waals surface area contributed by atoms with Crippen LogP contribution < -0.4 is 9.64 Å². The van der Waals surface area contributed by atoms with Crippen molar-refractivity contribution in [1.82, 2.24) is 24.4 Å². The quantitative estimate of drug-likeness (QED) is 0.291. The Morgan fingerprint density at radius 2 is 1.96 bits per heavy atom. The molecule has 0 bridgehead atoms. The van der Waals surface area contributed by atoms with E-state index in [0.717, 1.165) is 45.4 Å². The third-order valence-electron chi connectivity index (χ3n) is 9.07. The average Bonchev–Trinajstić information content (AvgIpc) is 3.73. The fourth-order valence-electron chi connectivity index (χ4n) is 6.81. The van der Waals surface area contributed by atoms with Gasteiger partial charge in [-0.2, -0.15) is 9.97 Å². The first kappa shape index (κ1) is 29.7. The lowest BCUT2D eigenvalue weighted by Crippen LogP contribution is -2.48. The Balaban J connectivity index is 1.23. The number of hydrogen-bond donors (Lipinski definition) is 1. The van der Waals surface area contributed by atoms with E-state index in [9.17, 15) is 9.50 Å². The third-order valence-corrected chi connectivity index (χ3v) is 9.07. The standard InChI is InChI=1S/C34H39FN6O4/c1-4-27-28(35)7-6-24-14-26(42)15-25(29(24)27)18-41-21-36-30-31(41)37-33(40-10-5-12-43-13-11-40)38-32(30)44-20-34(8-9-34)19-39-16-22(2)45-23(3)17-39/h1,6-7,14-15,21-23,42H,5,8-13,16-20H2,2-3H3/t22-,23+. The summed E-state index contributed by atoms with van der Waals surface area (Å²) in [6.07, 6.45) is 10.9. The molecular formula is C34H39FN6O4. The molecule has 45 heavy (non-hydrogen) atoms. The SMILES string of the molecule is C#Cc1c(F)ccc2cc(O)cc(Cn3cnc4c(OCC5(CN6C[C@@H](C)O[C@@H](C)C6)CC5)nc(N5CCCOCC5)nc43)c12. The molecule has 1 aliphatic carbocycles. The number of anilines is 1. The van der Waals surface area contributed by atoms with E-state index in [4.69, 9.17) is 35.6 Å². The first-order chi connectivity index (χ1) is 21.8. The van der Waals surface area contributed by atoms with Gasteiger partial charge in [-0.3, -0.25) is 4.90 Å². The molecule has 3 fully saturated rings. The van der Waals surface area contributed by atoms with E-state index in [1.807, 2.05) is 4.57 Å². The number of imidazole rings is 1. The minimum Gasteiger partial charge on any atom is -0.508 e. The van der Waals surface area contributed by atoms with Crippen molar-refractivity contribution in [2.24, 2.45) is 5.41 Å². The van der Waals surface area contributed by atoms with Crippen LogP contribution >= 0.6 is 0 Å². The maximum Gasteiger partial charge on any atom is 0.247 e. The summed E-state index contributed by atoms with van der Waals surface area (Å²) in [5.41, 5.74) is 2.05. The Morgan fingerprint density at radius 3 is 2.73 bits per heavy atom. The number of ether oxygens (including phenoxy) is 3. The molecule has 1 saturated carbocycles. The van der Waals surface area contributed by atoms with Crippen molar-refractivity contribution < 1.29 is 23.7 Å². The molecule has 2 aromatic carbocycles. The molecule has 0 spiro atoms. The van der Waals surface area contributed by atoms with Crippen molar-refractivity contribution in [2.75, 3.05) is 57.4 Å². The number of aromatic nitrogens is 4. The summed E-state index contributed by atoms with van der Waals surface area (Å²) >= 11 is 0. The minimum absolute atomic E-state index is 0.0687. The van der Waals surface area contributed by atoms with Gasteiger partial charge in [0.15, 0.2) is 11.2 Å². The normalized spacial score (nSPS) is 22.0. The van der Waals surface area contributed by atoms with Crippen LogP contribution in [0.1, 0.15) is 44.2 Å². The monoisotopic (exact) mass is 614 g/mol. The van der Waals surface area contributed by atoms with E-state index in [-0.39, 0.29) is 35.5 Å². The first-order valence-corrected chi connectivity index (χ1v) is 15.8.